The number of hydrogen-bond acceptors (Lipinski definition) is 9. The topological polar surface area (TPSA) is 148 Å². The number of ether oxygens (including phenoxy) is 5. The van der Waals surface area contributed by atoms with Gasteiger partial charge >= 0.3 is 11.9 Å². The summed E-state index contributed by atoms with van der Waals surface area (Å²) in [7, 11) is 4.62. The third kappa shape index (κ3) is 8.51. The molecule has 0 heterocycles. The number of carboxylic acid groups (broad SMARTS) is 1. The molecule has 2 unspecified atom stereocenters. The SMILES string of the molecule is COC(=O)C1=CCC(C#N)(c2ccc(OC)c(OC3CCCC3)c2)CC1.COc1ccc(C2(C#N)CC=C(C(=O)O)CC2)cc1OC1CCCC1. The number of carbonyl (C=O) groups excluding carboxylic acids is 1. The van der Waals surface area contributed by atoms with Gasteiger partial charge in [0.1, 0.15) is 0 Å². The van der Waals surface area contributed by atoms with Crippen molar-refractivity contribution in [3.05, 3.63) is 70.8 Å². The Labute approximate surface area is 300 Å². The van der Waals surface area contributed by atoms with Crippen molar-refractivity contribution in [3.8, 4) is 35.1 Å². The fraction of sp³-hybridized carbons (Fsp3) is 0.512. The Balaban J connectivity index is 0.000000198. The van der Waals surface area contributed by atoms with E-state index in [1.807, 2.05) is 42.5 Å². The number of carboxylic acids is 1. The molecule has 0 radical (unpaired) electrons. The van der Waals surface area contributed by atoms with Gasteiger partial charge in [0.15, 0.2) is 23.0 Å². The Kier molecular flexibility index (Phi) is 12.3. The summed E-state index contributed by atoms with van der Waals surface area (Å²) >= 11 is 0. The second kappa shape index (κ2) is 16.8. The largest absolute Gasteiger partial charge is 0.493 e. The van der Waals surface area contributed by atoms with Gasteiger partial charge in [0.2, 0.25) is 0 Å². The van der Waals surface area contributed by atoms with Crippen LogP contribution in [0.25, 0.3) is 0 Å². The third-order valence-corrected chi connectivity index (χ3v) is 10.8. The van der Waals surface area contributed by atoms with Gasteiger partial charge in [0.25, 0.3) is 0 Å². The number of nitriles is 2. The van der Waals surface area contributed by atoms with Crippen molar-refractivity contribution in [2.45, 2.75) is 113 Å². The molecule has 2 aromatic rings. The molecule has 0 amide bonds. The highest BCUT2D eigenvalue weighted by molar-refractivity contribution is 5.88. The zero-order chi connectivity index (χ0) is 36.4. The molecule has 4 aliphatic carbocycles. The number of nitrogens with zero attached hydrogens (tertiary/aromatic N) is 2. The average molecular weight is 697 g/mol. The van der Waals surface area contributed by atoms with Gasteiger partial charge in [0, 0.05) is 11.1 Å². The Morgan fingerprint density at radius 2 is 1.12 bits per heavy atom. The van der Waals surface area contributed by atoms with Crippen molar-refractivity contribution >= 4 is 11.9 Å². The lowest BCUT2D eigenvalue weighted by Gasteiger charge is -2.30. The van der Waals surface area contributed by atoms with Crippen molar-refractivity contribution < 1.29 is 38.4 Å². The van der Waals surface area contributed by atoms with Gasteiger partial charge in [-0.25, -0.2) is 9.59 Å². The third-order valence-electron chi connectivity index (χ3n) is 10.8. The molecule has 0 aromatic heterocycles. The lowest BCUT2D eigenvalue weighted by molar-refractivity contribution is -0.136. The first-order valence-electron chi connectivity index (χ1n) is 17.9. The molecule has 10 heteroatoms. The summed E-state index contributed by atoms with van der Waals surface area (Å²) in [5.74, 6) is 1.53. The summed E-state index contributed by atoms with van der Waals surface area (Å²) in [5, 5.41) is 28.9. The van der Waals surface area contributed by atoms with E-state index in [9.17, 15) is 20.1 Å². The quantitative estimate of drug-likeness (QED) is 0.242. The Hall–Kier alpha value is -4.96. The second-order valence-electron chi connectivity index (χ2n) is 13.8. The Morgan fingerprint density at radius 3 is 1.45 bits per heavy atom. The average Bonchev–Trinajstić information content (AvgIpc) is 3.90. The van der Waals surface area contributed by atoms with E-state index in [1.165, 1.54) is 32.8 Å². The van der Waals surface area contributed by atoms with Gasteiger partial charge in [-0.3, -0.25) is 0 Å². The van der Waals surface area contributed by atoms with Crippen LogP contribution in [-0.2, 0) is 25.2 Å². The second-order valence-corrected chi connectivity index (χ2v) is 13.8. The van der Waals surface area contributed by atoms with Crippen LogP contribution >= 0.6 is 0 Å². The highest BCUT2D eigenvalue weighted by Crippen LogP contribution is 2.44. The number of aliphatic carboxylic acids is 1. The Morgan fingerprint density at radius 1 is 0.686 bits per heavy atom. The maximum Gasteiger partial charge on any atom is 0.333 e. The van der Waals surface area contributed by atoms with E-state index < -0.39 is 16.8 Å². The monoisotopic (exact) mass is 696 g/mol. The van der Waals surface area contributed by atoms with Crippen molar-refractivity contribution in [1.29, 1.82) is 10.5 Å². The van der Waals surface area contributed by atoms with E-state index in [0.717, 1.165) is 36.8 Å². The highest BCUT2D eigenvalue weighted by Gasteiger charge is 2.38. The minimum Gasteiger partial charge on any atom is -0.493 e. The molecule has 0 bridgehead atoms. The first-order valence-corrected chi connectivity index (χ1v) is 17.9. The van der Waals surface area contributed by atoms with E-state index in [4.69, 9.17) is 28.8 Å². The van der Waals surface area contributed by atoms with E-state index in [1.54, 1.807) is 20.3 Å². The Bertz CT molecular complexity index is 1720. The number of methoxy groups -OCH3 is 3. The van der Waals surface area contributed by atoms with Crippen LogP contribution in [0.15, 0.2) is 59.7 Å². The van der Waals surface area contributed by atoms with Crippen LogP contribution in [0.1, 0.15) is 101 Å². The molecular formula is C41H48N2O8. The summed E-state index contributed by atoms with van der Waals surface area (Å²) in [4.78, 5) is 22.9. The minimum atomic E-state index is -0.897. The van der Waals surface area contributed by atoms with Crippen LogP contribution in [0.3, 0.4) is 0 Å². The van der Waals surface area contributed by atoms with Gasteiger partial charge in [-0.05, 0) is 125 Å². The molecule has 2 saturated carbocycles. The predicted molar refractivity (Wildman–Crippen MR) is 190 cm³/mol. The molecular weight excluding hydrogens is 648 g/mol. The van der Waals surface area contributed by atoms with Gasteiger partial charge in [-0.1, -0.05) is 24.3 Å². The van der Waals surface area contributed by atoms with Gasteiger partial charge < -0.3 is 28.8 Å². The number of rotatable bonds is 10. The first-order chi connectivity index (χ1) is 24.7. The van der Waals surface area contributed by atoms with Gasteiger partial charge in [0.05, 0.1) is 56.5 Å². The normalized spacial score (nSPS) is 23.3. The maximum atomic E-state index is 11.7. The number of hydrogen-bond donors (Lipinski definition) is 1. The van der Waals surface area contributed by atoms with Crippen molar-refractivity contribution in [2.75, 3.05) is 21.3 Å². The summed E-state index contributed by atoms with van der Waals surface area (Å²) in [6, 6.07) is 16.3. The smallest absolute Gasteiger partial charge is 0.333 e. The zero-order valence-electron chi connectivity index (χ0n) is 29.9. The van der Waals surface area contributed by atoms with Crippen LogP contribution in [0.5, 0.6) is 23.0 Å². The van der Waals surface area contributed by atoms with Gasteiger partial charge in [-0.15, -0.1) is 0 Å². The molecule has 0 saturated heterocycles. The number of esters is 1. The van der Waals surface area contributed by atoms with Crippen molar-refractivity contribution in [1.82, 2.24) is 0 Å². The highest BCUT2D eigenvalue weighted by atomic mass is 16.5. The van der Waals surface area contributed by atoms with Gasteiger partial charge in [-0.2, -0.15) is 10.5 Å². The molecule has 0 aliphatic heterocycles. The molecule has 2 fully saturated rings. The lowest BCUT2D eigenvalue weighted by atomic mass is 9.71. The maximum absolute atomic E-state index is 11.7. The van der Waals surface area contributed by atoms with Crippen LogP contribution in [-0.4, -0.2) is 50.6 Å². The molecule has 2 aromatic carbocycles. The van der Waals surface area contributed by atoms with Crippen LogP contribution in [0, 0.1) is 22.7 Å². The number of allylic oxidation sites excluding steroid dienone is 2. The molecule has 6 rings (SSSR count). The molecule has 4 aliphatic rings. The number of benzene rings is 2. The van der Waals surface area contributed by atoms with Crippen LogP contribution in [0.4, 0.5) is 0 Å². The van der Waals surface area contributed by atoms with Crippen LogP contribution in [0.2, 0.25) is 0 Å². The summed E-state index contributed by atoms with van der Waals surface area (Å²) in [6.45, 7) is 0. The standard InChI is InChI=1S/C21H25NO4.C20H23NO4/c1-24-18-8-7-16(13-19(18)26-17-5-3-4-6-17)21(14-22)11-9-15(10-12-21)20(23)25-2;1-24-17-7-6-15(12-18(17)25-16-4-2-3-5-16)20(13-21)10-8-14(9-11-20)19(22)23/h7-9,13,17H,3-6,10-12H2,1-2H3;6-8,12,16H,2-5,9-11H2,1H3,(H,22,23). The zero-order valence-corrected chi connectivity index (χ0v) is 29.9. The molecule has 270 valence electrons. The predicted octanol–water partition coefficient (Wildman–Crippen LogP) is 8.03. The van der Waals surface area contributed by atoms with E-state index in [0.29, 0.717) is 72.7 Å². The molecule has 1 N–H and O–H groups in total. The van der Waals surface area contributed by atoms with E-state index in [2.05, 4.69) is 12.1 Å². The fourth-order valence-corrected chi connectivity index (χ4v) is 7.57. The van der Waals surface area contributed by atoms with E-state index >= 15 is 0 Å². The van der Waals surface area contributed by atoms with Crippen molar-refractivity contribution in [2.24, 2.45) is 0 Å². The first kappa shape index (κ1) is 37.3. The summed E-state index contributed by atoms with van der Waals surface area (Å²) in [5.41, 5.74) is 1.45. The minimum absolute atomic E-state index is 0.201. The molecule has 2 atom stereocenters. The number of carbonyl (C=O) groups is 2. The molecule has 51 heavy (non-hydrogen) atoms. The summed E-state index contributed by atoms with van der Waals surface area (Å²) in [6.07, 6.45) is 15.8. The lowest BCUT2D eigenvalue weighted by Crippen LogP contribution is -2.28. The van der Waals surface area contributed by atoms with Crippen LogP contribution < -0.4 is 18.9 Å². The van der Waals surface area contributed by atoms with E-state index in [-0.39, 0.29) is 18.2 Å². The molecule has 0 spiro atoms. The van der Waals surface area contributed by atoms with Crippen molar-refractivity contribution in [3.63, 3.8) is 0 Å². The molecule has 10 nitrogen and oxygen atoms in total. The fourth-order valence-electron chi connectivity index (χ4n) is 7.57. The summed E-state index contributed by atoms with van der Waals surface area (Å²) < 4.78 is 28.0.